The lowest BCUT2D eigenvalue weighted by atomic mass is 9.97. The van der Waals surface area contributed by atoms with Gasteiger partial charge in [0.05, 0.1) is 12.4 Å². The van der Waals surface area contributed by atoms with E-state index in [1.165, 1.54) is 16.7 Å². The first-order valence-electron chi connectivity index (χ1n) is 8.99. The van der Waals surface area contributed by atoms with Crippen LogP contribution >= 0.6 is 0 Å². The third-order valence-corrected chi connectivity index (χ3v) is 4.65. The Bertz CT molecular complexity index is 867. The maximum atomic E-state index is 12.7. The first-order valence-corrected chi connectivity index (χ1v) is 8.99. The van der Waals surface area contributed by atoms with E-state index < -0.39 is 0 Å². The number of nitrogens with zero attached hydrogens (tertiary/aromatic N) is 2. The summed E-state index contributed by atoms with van der Waals surface area (Å²) in [5.41, 5.74) is 5.46. The Balaban J connectivity index is 1.69. The van der Waals surface area contributed by atoms with Crippen molar-refractivity contribution in [1.29, 1.82) is 0 Å². The van der Waals surface area contributed by atoms with Gasteiger partial charge in [0.15, 0.2) is 0 Å². The molecule has 0 aliphatic carbocycles. The quantitative estimate of drug-likeness (QED) is 0.717. The summed E-state index contributed by atoms with van der Waals surface area (Å²) in [6.45, 7) is 7.03. The first kappa shape index (κ1) is 17.9. The second kappa shape index (κ2) is 8.00. The lowest BCUT2D eigenvalue weighted by molar-refractivity contribution is 0.0935. The van der Waals surface area contributed by atoms with Crippen LogP contribution < -0.4 is 5.32 Å². The van der Waals surface area contributed by atoms with Gasteiger partial charge >= 0.3 is 0 Å². The number of aryl methyl sites for hydroxylation is 2. The molecule has 0 bridgehead atoms. The lowest BCUT2D eigenvalue weighted by Gasteiger charge is -2.20. The molecule has 0 aliphatic rings. The third kappa shape index (κ3) is 4.20. The van der Waals surface area contributed by atoms with Crippen LogP contribution in [0.1, 0.15) is 52.0 Å². The molecule has 1 heterocycles. The second-order valence-corrected chi connectivity index (χ2v) is 6.73. The Hall–Kier alpha value is -2.88. The fraction of sp³-hybridized carbons (Fsp3) is 0.273. The van der Waals surface area contributed by atoms with Gasteiger partial charge in [-0.15, -0.1) is 0 Å². The van der Waals surface area contributed by atoms with Gasteiger partial charge in [0, 0.05) is 24.5 Å². The third-order valence-electron chi connectivity index (χ3n) is 4.65. The van der Waals surface area contributed by atoms with Crippen molar-refractivity contribution < 1.29 is 4.79 Å². The highest BCUT2D eigenvalue weighted by Crippen LogP contribution is 2.22. The number of aromatic nitrogens is 2. The molecule has 1 N–H and O–H groups in total. The van der Waals surface area contributed by atoms with Crippen LogP contribution in [0.2, 0.25) is 0 Å². The second-order valence-electron chi connectivity index (χ2n) is 6.73. The molecule has 4 heteroatoms. The summed E-state index contributed by atoms with van der Waals surface area (Å²) in [6.07, 6.45) is 6.33. The number of nitrogens with one attached hydrogen (secondary N) is 1. The molecule has 0 spiro atoms. The van der Waals surface area contributed by atoms with Crippen molar-refractivity contribution in [1.82, 2.24) is 14.9 Å². The smallest absolute Gasteiger partial charge is 0.251 e. The minimum absolute atomic E-state index is 0.0220. The van der Waals surface area contributed by atoms with Gasteiger partial charge in [-0.2, -0.15) is 0 Å². The van der Waals surface area contributed by atoms with Crippen LogP contribution in [0.4, 0.5) is 0 Å². The fourth-order valence-electron chi connectivity index (χ4n) is 3.21. The van der Waals surface area contributed by atoms with E-state index >= 15 is 0 Å². The SMILES string of the molecule is CCC(NC(=O)c1ccc(Cn2ccnc2)cc1)c1ccc(C)cc1C. The molecule has 1 amide bonds. The van der Waals surface area contributed by atoms with Gasteiger partial charge < -0.3 is 9.88 Å². The molecule has 3 rings (SSSR count). The van der Waals surface area contributed by atoms with Gasteiger partial charge in [-0.1, -0.05) is 42.8 Å². The number of carbonyl (C=O) groups is 1. The van der Waals surface area contributed by atoms with Crippen molar-refractivity contribution in [2.75, 3.05) is 0 Å². The van der Waals surface area contributed by atoms with E-state index in [1.807, 2.05) is 35.0 Å². The summed E-state index contributed by atoms with van der Waals surface area (Å²) in [5, 5.41) is 3.17. The van der Waals surface area contributed by atoms with Gasteiger partial charge in [0.2, 0.25) is 0 Å². The van der Waals surface area contributed by atoms with Crippen LogP contribution in [0, 0.1) is 13.8 Å². The monoisotopic (exact) mass is 347 g/mol. The van der Waals surface area contributed by atoms with Crippen LogP contribution in [-0.4, -0.2) is 15.5 Å². The lowest BCUT2D eigenvalue weighted by Crippen LogP contribution is -2.28. The molecule has 26 heavy (non-hydrogen) atoms. The Morgan fingerprint density at radius 1 is 1.15 bits per heavy atom. The Labute approximate surface area is 154 Å². The highest BCUT2D eigenvalue weighted by atomic mass is 16.1. The number of hydrogen-bond donors (Lipinski definition) is 1. The predicted octanol–water partition coefficient (Wildman–Crippen LogP) is 4.43. The zero-order chi connectivity index (χ0) is 18.5. The summed E-state index contributed by atoms with van der Waals surface area (Å²) in [4.78, 5) is 16.7. The number of rotatable bonds is 6. The number of benzene rings is 2. The summed E-state index contributed by atoms with van der Waals surface area (Å²) < 4.78 is 2.00. The topological polar surface area (TPSA) is 46.9 Å². The molecule has 0 saturated heterocycles. The van der Waals surface area contributed by atoms with E-state index in [0.717, 1.165) is 18.5 Å². The standard InChI is InChI=1S/C22H25N3O/c1-4-21(20-10-5-16(2)13-17(20)3)24-22(26)19-8-6-18(7-9-19)14-25-12-11-23-15-25/h5-13,15,21H,4,14H2,1-3H3,(H,24,26). The van der Waals surface area contributed by atoms with E-state index in [0.29, 0.717) is 5.56 Å². The van der Waals surface area contributed by atoms with Crippen LogP contribution in [0.5, 0.6) is 0 Å². The Morgan fingerprint density at radius 3 is 2.54 bits per heavy atom. The average molecular weight is 347 g/mol. The van der Waals surface area contributed by atoms with Crippen LogP contribution in [0.25, 0.3) is 0 Å². The van der Waals surface area contributed by atoms with Crippen LogP contribution in [0.3, 0.4) is 0 Å². The van der Waals surface area contributed by atoms with Gasteiger partial charge in [0.1, 0.15) is 0 Å². The average Bonchev–Trinajstić information content (AvgIpc) is 3.13. The molecule has 0 fully saturated rings. The molecule has 1 atom stereocenters. The fourth-order valence-corrected chi connectivity index (χ4v) is 3.21. The largest absolute Gasteiger partial charge is 0.345 e. The molecule has 2 aromatic carbocycles. The minimum atomic E-state index is -0.0361. The number of imidazole rings is 1. The molecule has 1 aromatic heterocycles. The Morgan fingerprint density at radius 2 is 1.92 bits per heavy atom. The van der Waals surface area contributed by atoms with Gasteiger partial charge in [-0.3, -0.25) is 4.79 Å². The molecule has 4 nitrogen and oxygen atoms in total. The first-order chi connectivity index (χ1) is 12.6. The van der Waals surface area contributed by atoms with Crippen molar-refractivity contribution in [2.24, 2.45) is 0 Å². The number of amides is 1. The highest BCUT2D eigenvalue weighted by Gasteiger charge is 2.16. The Kier molecular flexibility index (Phi) is 5.52. The molecule has 3 aromatic rings. The van der Waals surface area contributed by atoms with Gasteiger partial charge in [-0.25, -0.2) is 4.98 Å². The van der Waals surface area contributed by atoms with Crippen molar-refractivity contribution in [2.45, 2.75) is 39.8 Å². The maximum Gasteiger partial charge on any atom is 0.251 e. The molecule has 0 aliphatic heterocycles. The van der Waals surface area contributed by atoms with Crippen molar-refractivity contribution in [3.05, 3.63) is 89.0 Å². The molecule has 1 unspecified atom stereocenters. The van der Waals surface area contributed by atoms with Crippen LogP contribution in [0.15, 0.2) is 61.2 Å². The van der Waals surface area contributed by atoms with Crippen molar-refractivity contribution >= 4 is 5.91 Å². The maximum absolute atomic E-state index is 12.7. The zero-order valence-corrected chi connectivity index (χ0v) is 15.6. The zero-order valence-electron chi connectivity index (χ0n) is 15.6. The normalized spacial score (nSPS) is 12.0. The van der Waals surface area contributed by atoms with Crippen molar-refractivity contribution in [3.63, 3.8) is 0 Å². The highest BCUT2D eigenvalue weighted by molar-refractivity contribution is 5.94. The number of carbonyl (C=O) groups excluding carboxylic acids is 1. The number of hydrogen-bond acceptors (Lipinski definition) is 2. The van der Waals surface area contributed by atoms with Crippen LogP contribution in [-0.2, 0) is 6.54 Å². The predicted molar refractivity (Wildman–Crippen MR) is 104 cm³/mol. The van der Waals surface area contributed by atoms with E-state index in [-0.39, 0.29) is 11.9 Å². The summed E-state index contributed by atoms with van der Waals surface area (Å²) >= 11 is 0. The summed E-state index contributed by atoms with van der Waals surface area (Å²) in [6, 6.07) is 14.2. The van der Waals surface area contributed by atoms with E-state index in [4.69, 9.17) is 0 Å². The summed E-state index contributed by atoms with van der Waals surface area (Å²) in [7, 11) is 0. The van der Waals surface area contributed by atoms with E-state index in [2.05, 4.69) is 49.3 Å². The molecule has 134 valence electrons. The summed E-state index contributed by atoms with van der Waals surface area (Å²) in [5.74, 6) is -0.0361. The van der Waals surface area contributed by atoms with E-state index in [9.17, 15) is 4.79 Å². The molecule has 0 saturated carbocycles. The molecule has 0 radical (unpaired) electrons. The van der Waals surface area contributed by atoms with Crippen molar-refractivity contribution in [3.8, 4) is 0 Å². The minimum Gasteiger partial charge on any atom is -0.345 e. The molecular formula is C22H25N3O. The van der Waals surface area contributed by atoms with Gasteiger partial charge in [-0.05, 0) is 49.1 Å². The van der Waals surface area contributed by atoms with E-state index in [1.54, 1.807) is 12.5 Å². The van der Waals surface area contributed by atoms with Gasteiger partial charge in [0.25, 0.3) is 5.91 Å². The molecular weight excluding hydrogens is 322 g/mol.